The van der Waals surface area contributed by atoms with Gasteiger partial charge in [-0.2, -0.15) is 4.99 Å². The summed E-state index contributed by atoms with van der Waals surface area (Å²) in [6.07, 6.45) is 0. The molecule has 0 saturated heterocycles. The summed E-state index contributed by atoms with van der Waals surface area (Å²) in [4.78, 5) is 37.0. The molecule has 0 aromatic heterocycles. The van der Waals surface area contributed by atoms with Crippen molar-refractivity contribution in [1.82, 2.24) is 4.90 Å². The van der Waals surface area contributed by atoms with E-state index in [-0.39, 0.29) is 65.0 Å². The summed E-state index contributed by atoms with van der Waals surface area (Å²) in [6, 6.07) is 0. The van der Waals surface area contributed by atoms with Gasteiger partial charge in [0.15, 0.2) is 5.96 Å². The Balaban J connectivity index is -0.000000185. The Bertz CT molecular complexity index is 271. The molecule has 0 aliphatic carbocycles. The van der Waals surface area contributed by atoms with E-state index in [1.807, 2.05) is 0 Å². The predicted octanol–water partition coefficient (Wildman–Crippen LogP) is -2.92. The molecule has 5 N–H and O–H groups in total. The van der Waals surface area contributed by atoms with Crippen molar-refractivity contribution in [2.24, 2.45) is 10.7 Å². The fraction of sp³-hybridized carbons (Fsp3) is 0.500. The normalized spacial score (nSPS) is 14.3. The van der Waals surface area contributed by atoms with Crippen LogP contribution in [0, 0.1) is 0 Å². The number of likely N-dealkylation sites (N-methyl/N-ethyl adjacent to an activating group) is 1. The maximum absolute atomic E-state index is 10.4. The molecule has 1 amide bonds. The van der Waals surface area contributed by atoms with Crippen LogP contribution in [0.2, 0.25) is 0 Å². The zero-order chi connectivity index (χ0) is 10.6. The van der Waals surface area contributed by atoms with E-state index in [1.165, 1.54) is 0 Å². The number of aliphatic imine (C=N–C) groups is 1. The number of amides is 1. The van der Waals surface area contributed by atoms with Gasteiger partial charge in [0.05, 0.1) is 0 Å². The van der Waals surface area contributed by atoms with Crippen LogP contribution < -0.4 is 5.73 Å². The van der Waals surface area contributed by atoms with Crippen LogP contribution in [-0.4, -0.2) is 104 Å². The first-order valence-electron chi connectivity index (χ1n) is 3.06. The second-order valence-electron chi connectivity index (χ2n) is 2.23. The van der Waals surface area contributed by atoms with E-state index < -0.39 is 7.82 Å². The van der Waals surface area contributed by atoms with Crippen molar-refractivity contribution in [2.75, 3.05) is 13.6 Å². The van der Waals surface area contributed by atoms with Gasteiger partial charge in [-0.05, 0) is 0 Å². The molecule has 78 valence electrons. The van der Waals surface area contributed by atoms with E-state index in [0.717, 1.165) is 0 Å². The number of nitrogens with zero attached hydrogens (tertiary/aromatic N) is 2. The molecule has 1 aliphatic heterocycles. The summed E-state index contributed by atoms with van der Waals surface area (Å²) in [5.41, 5.74) is 5.22. The van der Waals surface area contributed by atoms with Crippen LogP contribution in [0.3, 0.4) is 0 Å². The van der Waals surface area contributed by atoms with E-state index in [1.54, 1.807) is 11.9 Å². The number of hydrogen-bond acceptors (Lipinski definition) is 4. The molecular formula is C4H10N3Na2O5P. The van der Waals surface area contributed by atoms with Crippen molar-refractivity contribution in [1.29, 1.82) is 0 Å². The second kappa shape index (κ2) is 9.12. The molecule has 0 atom stereocenters. The Kier molecular flexibility index (Phi) is 13.0. The first kappa shape index (κ1) is 21.3. The number of nitrogens with two attached hydrogens (primary N) is 1. The summed E-state index contributed by atoms with van der Waals surface area (Å²) in [6.45, 7) is 0.325. The van der Waals surface area contributed by atoms with E-state index in [0.29, 0.717) is 12.5 Å². The van der Waals surface area contributed by atoms with Crippen molar-refractivity contribution in [3.05, 3.63) is 0 Å². The molecule has 11 heteroatoms. The molecule has 0 aromatic carbocycles. The first-order valence-corrected chi connectivity index (χ1v) is 4.63. The monoisotopic (exact) mass is 257 g/mol. The predicted molar refractivity (Wildman–Crippen MR) is 55.0 cm³/mol. The Morgan fingerprint density at radius 2 is 1.73 bits per heavy atom. The van der Waals surface area contributed by atoms with Gasteiger partial charge in [-0.25, -0.2) is 4.57 Å². The van der Waals surface area contributed by atoms with Crippen LogP contribution in [-0.2, 0) is 9.36 Å². The summed E-state index contributed by atoms with van der Waals surface area (Å²) in [5.74, 6) is 0.153. The molecule has 0 aromatic rings. The Labute approximate surface area is 131 Å². The summed E-state index contributed by atoms with van der Waals surface area (Å²) >= 11 is 0. The topological polar surface area (TPSA) is 136 Å². The number of hydrogen-bond donors (Lipinski definition) is 4. The summed E-state index contributed by atoms with van der Waals surface area (Å²) < 4.78 is 8.88. The molecule has 0 fully saturated rings. The largest absolute Gasteiger partial charge is 0.466 e. The average Bonchev–Trinajstić information content (AvgIpc) is 2.05. The van der Waals surface area contributed by atoms with E-state index in [4.69, 9.17) is 25.0 Å². The molecule has 0 bridgehead atoms. The van der Waals surface area contributed by atoms with Gasteiger partial charge in [-0.1, -0.05) is 0 Å². The summed E-state index contributed by atoms with van der Waals surface area (Å²) in [7, 11) is -2.91. The molecule has 0 unspecified atom stereocenters. The number of rotatable bonds is 0. The van der Waals surface area contributed by atoms with Gasteiger partial charge in [0, 0.05) is 66.2 Å². The zero-order valence-electron chi connectivity index (χ0n) is 8.78. The molecule has 15 heavy (non-hydrogen) atoms. The molecule has 0 saturated carbocycles. The molecule has 2 radical (unpaired) electrons. The van der Waals surface area contributed by atoms with Gasteiger partial charge >= 0.3 is 7.82 Å². The SMILES string of the molecule is CN1CC(=O)N=C1N.O=P(O)(O)O.[Na].[Na]. The Morgan fingerprint density at radius 3 is 1.80 bits per heavy atom. The van der Waals surface area contributed by atoms with Gasteiger partial charge in [-0.15, -0.1) is 0 Å². The van der Waals surface area contributed by atoms with Crippen LogP contribution in [0.25, 0.3) is 0 Å². The van der Waals surface area contributed by atoms with Crippen LogP contribution in [0.15, 0.2) is 4.99 Å². The van der Waals surface area contributed by atoms with Crippen LogP contribution in [0.4, 0.5) is 0 Å². The van der Waals surface area contributed by atoms with Gasteiger partial charge < -0.3 is 25.3 Å². The molecule has 0 spiro atoms. The second-order valence-corrected chi connectivity index (χ2v) is 3.26. The van der Waals surface area contributed by atoms with Crippen LogP contribution >= 0.6 is 7.82 Å². The minimum Gasteiger partial charge on any atom is -0.369 e. The molecular weight excluding hydrogens is 247 g/mol. The number of carbonyl (C=O) groups is 1. The molecule has 8 nitrogen and oxygen atoms in total. The van der Waals surface area contributed by atoms with E-state index in [9.17, 15) is 4.79 Å². The quantitative estimate of drug-likeness (QED) is 0.269. The molecule has 1 aliphatic rings. The first-order chi connectivity index (χ1) is 5.70. The Hall–Kier alpha value is 1.05. The van der Waals surface area contributed by atoms with Gasteiger partial charge in [0.1, 0.15) is 6.54 Å². The van der Waals surface area contributed by atoms with Crippen LogP contribution in [0.5, 0.6) is 0 Å². The zero-order valence-corrected chi connectivity index (χ0v) is 13.7. The third-order valence-electron chi connectivity index (χ3n) is 1.00. The smallest absolute Gasteiger partial charge is 0.369 e. The van der Waals surface area contributed by atoms with Crippen molar-refractivity contribution >= 4 is 78.8 Å². The molecule has 1 rings (SSSR count). The Morgan fingerprint density at radius 1 is 1.40 bits per heavy atom. The standard InChI is InChI=1S/C4H7N3O.2Na.H3O4P/c1-7-2-3(8)6-4(7)5;;;1-5(2,3)4/h2H2,1H3,(H2,5,6,8);;;(H3,1,2,3,4). The van der Waals surface area contributed by atoms with Gasteiger partial charge in [-0.3, -0.25) is 4.79 Å². The maximum atomic E-state index is 10.4. The minimum atomic E-state index is -4.64. The van der Waals surface area contributed by atoms with Crippen molar-refractivity contribution in [3.8, 4) is 0 Å². The fourth-order valence-electron chi connectivity index (χ4n) is 0.532. The number of carbonyl (C=O) groups excluding carboxylic acids is 1. The van der Waals surface area contributed by atoms with Gasteiger partial charge in [0.25, 0.3) is 5.91 Å². The maximum Gasteiger partial charge on any atom is 0.466 e. The van der Waals surface area contributed by atoms with Crippen molar-refractivity contribution in [3.63, 3.8) is 0 Å². The summed E-state index contributed by atoms with van der Waals surface area (Å²) in [5, 5.41) is 0. The fourth-order valence-corrected chi connectivity index (χ4v) is 0.532. The number of phosphoric acid groups is 1. The van der Waals surface area contributed by atoms with E-state index >= 15 is 0 Å². The van der Waals surface area contributed by atoms with Crippen molar-refractivity contribution in [2.45, 2.75) is 0 Å². The third-order valence-corrected chi connectivity index (χ3v) is 1.00. The third kappa shape index (κ3) is 15.1. The van der Waals surface area contributed by atoms with Gasteiger partial charge in [0.2, 0.25) is 0 Å². The number of guanidine groups is 1. The van der Waals surface area contributed by atoms with Crippen LogP contribution in [0.1, 0.15) is 0 Å². The van der Waals surface area contributed by atoms with E-state index in [2.05, 4.69) is 4.99 Å². The molecule has 1 heterocycles. The average molecular weight is 257 g/mol. The minimum absolute atomic E-state index is 0. The van der Waals surface area contributed by atoms with Crippen molar-refractivity contribution < 1.29 is 24.0 Å².